The average Bonchev–Trinajstić information content (AvgIpc) is 3.21. The Kier molecular flexibility index (Phi) is 4.67. The van der Waals surface area contributed by atoms with Crippen molar-refractivity contribution in [1.29, 1.82) is 0 Å². The van der Waals surface area contributed by atoms with E-state index in [4.69, 9.17) is 9.26 Å². The van der Waals surface area contributed by atoms with Crippen molar-refractivity contribution in [1.82, 2.24) is 15.0 Å². The summed E-state index contributed by atoms with van der Waals surface area (Å²) in [6.07, 6.45) is 5.33. The molecule has 0 bridgehead atoms. The van der Waals surface area contributed by atoms with E-state index in [1.807, 2.05) is 6.92 Å². The number of aryl methyl sites for hydroxylation is 1. The van der Waals surface area contributed by atoms with Crippen molar-refractivity contribution in [3.05, 3.63) is 17.5 Å². The zero-order valence-electron chi connectivity index (χ0n) is 15.2. The molecule has 1 aliphatic carbocycles. The number of hydrogen-bond acceptors (Lipinski definition) is 5. The fourth-order valence-corrected chi connectivity index (χ4v) is 4.64. The van der Waals surface area contributed by atoms with E-state index < -0.39 is 0 Å². The average molecular weight is 333 g/mol. The maximum absolute atomic E-state index is 6.08. The van der Waals surface area contributed by atoms with Crippen molar-refractivity contribution in [2.24, 2.45) is 17.3 Å². The number of piperidine rings is 1. The first-order chi connectivity index (χ1) is 11.6. The van der Waals surface area contributed by atoms with Gasteiger partial charge in [0.2, 0.25) is 0 Å². The molecule has 134 valence electrons. The van der Waals surface area contributed by atoms with Gasteiger partial charge in [0, 0.05) is 38.2 Å². The van der Waals surface area contributed by atoms with Crippen LogP contribution in [-0.2, 0) is 11.3 Å². The van der Waals surface area contributed by atoms with E-state index in [1.54, 1.807) is 0 Å². The van der Waals surface area contributed by atoms with E-state index in [-0.39, 0.29) is 0 Å². The summed E-state index contributed by atoms with van der Waals surface area (Å²) in [5.74, 6) is 2.48. The maximum Gasteiger partial charge on any atom is 0.133 e. The van der Waals surface area contributed by atoms with E-state index >= 15 is 0 Å². The van der Waals surface area contributed by atoms with Crippen molar-refractivity contribution >= 4 is 0 Å². The van der Waals surface area contributed by atoms with Gasteiger partial charge >= 0.3 is 0 Å². The Morgan fingerprint density at radius 1 is 1.29 bits per heavy atom. The van der Waals surface area contributed by atoms with E-state index in [0.717, 1.165) is 37.1 Å². The molecule has 5 nitrogen and oxygen atoms in total. The minimum Gasteiger partial charge on any atom is -0.381 e. The molecular weight excluding hydrogens is 302 g/mol. The molecule has 1 spiro atoms. The van der Waals surface area contributed by atoms with Gasteiger partial charge in [0.1, 0.15) is 5.76 Å². The van der Waals surface area contributed by atoms with Gasteiger partial charge in [0.15, 0.2) is 0 Å². The molecule has 1 aromatic rings. The molecule has 0 N–H and O–H groups in total. The standard InChI is InChI=1S/C19H31N3O2/c1-15-9-18(20-24-15)11-22-7-5-19(6-8-22)14-21(2)10-17(19)13-23-12-16-3-4-16/h9,16-17H,3-8,10-14H2,1-2H3/t17-/m0/s1. The molecular formula is C19H31N3O2. The zero-order valence-corrected chi connectivity index (χ0v) is 15.2. The van der Waals surface area contributed by atoms with Gasteiger partial charge in [-0.15, -0.1) is 0 Å². The van der Waals surface area contributed by atoms with Crippen molar-refractivity contribution in [2.75, 3.05) is 46.4 Å². The molecule has 2 aliphatic heterocycles. The fraction of sp³-hybridized carbons (Fsp3) is 0.842. The van der Waals surface area contributed by atoms with Crippen LogP contribution in [0.1, 0.15) is 37.1 Å². The minimum atomic E-state index is 0.467. The molecule has 2 saturated heterocycles. The number of likely N-dealkylation sites (tertiary alicyclic amines) is 2. The predicted octanol–water partition coefficient (Wildman–Crippen LogP) is 2.55. The van der Waals surface area contributed by atoms with E-state index in [1.165, 1.54) is 51.9 Å². The largest absolute Gasteiger partial charge is 0.381 e. The molecule has 1 saturated carbocycles. The summed E-state index contributed by atoms with van der Waals surface area (Å²) < 4.78 is 11.3. The lowest BCUT2D eigenvalue weighted by atomic mass is 9.71. The Morgan fingerprint density at radius 3 is 2.75 bits per heavy atom. The van der Waals surface area contributed by atoms with Crippen molar-refractivity contribution < 1.29 is 9.26 Å². The fourth-order valence-electron chi connectivity index (χ4n) is 4.64. The Labute approximate surface area is 145 Å². The third-order valence-corrected chi connectivity index (χ3v) is 6.27. The van der Waals surface area contributed by atoms with E-state index in [0.29, 0.717) is 11.3 Å². The normalized spacial score (nSPS) is 28.0. The van der Waals surface area contributed by atoms with Crippen molar-refractivity contribution in [2.45, 2.75) is 39.2 Å². The molecule has 24 heavy (non-hydrogen) atoms. The lowest BCUT2D eigenvalue weighted by molar-refractivity contribution is 0.0163. The molecule has 0 amide bonds. The lowest BCUT2D eigenvalue weighted by Crippen LogP contribution is -2.45. The van der Waals surface area contributed by atoms with Gasteiger partial charge < -0.3 is 14.2 Å². The maximum atomic E-state index is 6.08. The second-order valence-electron chi connectivity index (χ2n) is 8.44. The van der Waals surface area contributed by atoms with Gasteiger partial charge in [-0.2, -0.15) is 0 Å². The summed E-state index contributed by atoms with van der Waals surface area (Å²) in [4.78, 5) is 5.05. The molecule has 1 aromatic heterocycles. The summed E-state index contributed by atoms with van der Waals surface area (Å²) in [5.41, 5.74) is 1.53. The number of aromatic nitrogens is 1. The van der Waals surface area contributed by atoms with E-state index in [9.17, 15) is 0 Å². The molecule has 5 heteroatoms. The Morgan fingerprint density at radius 2 is 2.08 bits per heavy atom. The summed E-state index contributed by atoms with van der Waals surface area (Å²) >= 11 is 0. The molecule has 0 radical (unpaired) electrons. The van der Waals surface area contributed by atoms with Crippen LogP contribution in [0.2, 0.25) is 0 Å². The first-order valence-corrected chi connectivity index (χ1v) is 9.54. The third kappa shape index (κ3) is 3.68. The monoisotopic (exact) mass is 333 g/mol. The Hall–Kier alpha value is -0.910. The Balaban J connectivity index is 1.31. The molecule has 3 fully saturated rings. The second-order valence-corrected chi connectivity index (χ2v) is 8.44. The van der Waals surface area contributed by atoms with Crippen molar-refractivity contribution in [3.8, 4) is 0 Å². The van der Waals surface area contributed by atoms with Gasteiger partial charge in [-0.05, 0) is 64.1 Å². The highest BCUT2D eigenvalue weighted by Crippen LogP contribution is 2.44. The van der Waals surface area contributed by atoms with Gasteiger partial charge in [0.25, 0.3) is 0 Å². The van der Waals surface area contributed by atoms with Crippen LogP contribution in [0, 0.1) is 24.2 Å². The summed E-state index contributed by atoms with van der Waals surface area (Å²) in [6.45, 7) is 9.61. The highest BCUT2D eigenvalue weighted by molar-refractivity contribution is 5.05. The van der Waals surface area contributed by atoms with Crippen LogP contribution < -0.4 is 0 Å². The van der Waals surface area contributed by atoms with E-state index in [2.05, 4.69) is 28.1 Å². The summed E-state index contributed by atoms with van der Waals surface area (Å²) in [7, 11) is 2.27. The van der Waals surface area contributed by atoms with Crippen LogP contribution in [0.25, 0.3) is 0 Å². The van der Waals surface area contributed by atoms with Crippen LogP contribution in [0.3, 0.4) is 0 Å². The van der Waals surface area contributed by atoms with Gasteiger partial charge in [-0.1, -0.05) is 5.16 Å². The molecule has 1 atom stereocenters. The molecule has 3 heterocycles. The highest BCUT2D eigenvalue weighted by Gasteiger charge is 2.47. The Bertz CT molecular complexity index is 547. The SMILES string of the molecule is Cc1cc(CN2CCC3(CC2)CN(C)C[C@H]3COCC2CC2)no1. The molecule has 0 aromatic carbocycles. The topological polar surface area (TPSA) is 41.7 Å². The summed E-state index contributed by atoms with van der Waals surface area (Å²) in [6, 6.07) is 2.06. The second kappa shape index (κ2) is 6.77. The van der Waals surface area contributed by atoms with Crippen LogP contribution in [0.4, 0.5) is 0 Å². The van der Waals surface area contributed by atoms with Crippen LogP contribution in [-0.4, -0.2) is 61.4 Å². The van der Waals surface area contributed by atoms with Gasteiger partial charge in [-0.3, -0.25) is 4.90 Å². The summed E-state index contributed by atoms with van der Waals surface area (Å²) in [5, 5.41) is 4.14. The quantitative estimate of drug-likeness (QED) is 0.800. The first-order valence-electron chi connectivity index (χ1n) is 9.54. The highest BCUT2D eigenvalue weighted by atomic mass is 16.5. The van der Waals surface area contributed by atoms with Crippen molar-refractivity contribution in [3.63, 3.8) is 0 Å². The smallest absolute Gasteiger partial charge is 0.133 e. The van der Waals surface area contributed by atoms with Crippen LogP contribution in [0.5, 0.6) is 0 Å². The zero-order chi connectivity index (χ0) is 16.6. The minimum absolute atomic E-state index is 0.467. The number of ether oxygens (including phenoxy) is 1. The number of hydrogen-bond donors (Lipinski definition) is 0. The molecule has 3 aliphatic rings. The molecule has 0 unspecified atom stereocenters. The van der Waals surface area contributed by atoms with Gasteiger partial charge in [0.05, 0.1) is 12.3 Å². The van der Waals surface area contributed by atoms with Crippen LogP contribution in [0.15, 0.2) is 10.6 Å². The van der Waals surface area contributed by atoms with Crippen LogP contribution >= 0.6 is 0 Å². The number of nitrogens with zero attached hydrogens (tertiary/aromatic N) is 3. The molecule has 4 rings (SSSR count). The number of rotatable bonds is 6. The third-order valence-electron chi connectivity index (χ3n) is 6.27. The lowest BCUT2D eigenvalue weighted by Gasteiger charge is -2.42. The predicted molar refractivity (Wildman–Crippen MR) is 92.7 cm³/mol. The first kappa shape index (κ1) is 16.6. The van der Waals surface area contributed by atoms with Gasteiger partial charge in [-0.25, -0.2) is 0 Å².